The molecule has 8 heteroatoms. The fourth-order valence-electron chi connectivity index (χ4n) is 1.98. The number of aromatic amines is 1. The van der Waals surface area contributed by atoms with Crippen molar-refractivity contribution in [2.24, 2.45) is 7.05 Å². The van der Waals surface area contributed by atoms with Gasteiger partial charge in [-0.05, 0) is 13.3 Å². The second kappa shape index (κ2) is 7.26. The summed E-state index contributed by atoms with van der Waals surface area (Å²) >= 11 is 1.21. The maximum atomic E-state index is 11.9. The molecule has 0 bridgehead atoms. The van der Waals surface area contributed by atoms with Gasteiger partial charge in [0.25, 0.3) is 5.56 Å². The lowest BCUT2D eigenvalue weighted by Gasteiger charge is -2.05. The molecule has 0 aromatic carbocycles. The van der Waals surface area contributed by atoms with Gasteiger partial charge in [-0.3, -0.25) is 14.3 Å². The maximum Gasteiger partial charge on any atom is 0.251 e. The van der Waals surface area contributed by atoms with Crippen LogP contribution < -0.4 is 10.9 Å². The fraction of sp³-hybridized carbons (Fsp3) is 0.429. The van der Waals surface area contributed by atoms with E-state index in [4.69, 9.17) is 0 Å². The highest BCUT2D eigenvalue weighted by atomic mass is 32.2. The minimum absolute atomic E-state index is 0.169. The largest absolute Gasteiger partial charge is 0.310 e. The SMILES string of the molecule is CCCc1cc(=O)[nH]c(SCC(=O)Nc2cc(C)nn2C)n1. The van der Waals surface area contributed by atoms with E-state index >= 15 is 0 Å². The van der Waals surface area contributed by atoms with Crippen LogP contribution in [0.4, 0.5) is 5.82 Å². The first-order valence-corrected chi connectivity index (χ1v) is 8.00. The lowest BCUT2D eigenvalue weighted by molar-refractivity contribution is -0.113. The van der Waals surface area contributed by atoms with Gasteiger partial charge in [0.1, 0.15) is 5.82 Å². The van der Waals surface area contributed by atoms with E-state index in [1.54, 1.807) is 17.8 Å². The van der Waals surface area contributed by atoms with Crippen molar-refractivity contribution in [3.63, 3.8) is 0 Å². The number of aromatic nitrogens is 4. The molecule has 22 heavy (non-hydrogen) atoms. The van der Waals surface area contributed by atoms with E-state index in [0.717, 1.165) is 24.2 Å². The molecular formula is C14H19N5O2S. The van der Waals surface area contributed by atoms with Gasteiger partial charge in [0.05, 0.1) is 11.4 Å². The van der Waals surface area contributed by atoms with Gasteiger partial charge in [-0.25, -0.2) is 4.98 Å². The predicted molar refractivity (Wildman–Crippen MR) is 86.2 cm³/mol. The summed E-state index contributed by atoms with van der Waals surface area (Å²) in [7, 11) is 1.77. The fourth-order valence-corrected chi connectivity index (χ4v) is 2.67. The monoisotopic (exact) mass is 321 g/mol. The van der Waals surface area contributed by atoms with E-state index in [-0.39, 0.29) is 17.2 Å². The summed E-state index contributed by atoms with van der Waals surface area (Å²) in [5.41, 5.74) is 1.39. The Hall–Kier alpha value is -2.09. The smallest absolute Gasteiger partial charge is 0.251 e. The zero-order chi connectivity index (χ0) is 16.1. The van der Waals surface area contributed by atoms with Gasteiger partial charge in [-0.1, -0.05) is 25.1 Å². The average molecular weight is 321 g/mol. The number of hydrogen-bond donors (Lipinski definition) is 2. The predicted octanol–water partition coefficient (Wildman–Crippen LogP) is 1.50. The van der Waals surface area contributed by atoms with Crippen molar-refractivity contribution in [2.45, 2.75) is 31.8 Å². The van der Waals surface area contributed by atoms with Crippen LogP contribution in [0.3, 0.4) is 0 Å². The van der Waals surface area contributed by atoms with Crippen molar-refractivity contribution in [3.05, 3.63) is 33.9 Å². The number of carbonyl (C=O) groups is 1. The number of rotatable bonds is 6. The summed E-state index contributed by atoms with van der Waals surface area (Å²) in [5, 5.41) is 7.40. The molecule has 0 spiro atoms. The van der Waals surface area contributed by atoms with Crippen LogP contribution in [0.1, 0.15) is 24.7 Å². The number of anilines is 1. The van der Waals surface area contributed by atoms with Gasteiger partial charge in [0.2, 0.25) is 5.91 Å². The molecule has 2 aromatic heterocycles. The third-order valence-corrected chi connectivity index (χ3v) is 3.76. The van der Waals surface area contributed by atoms with Gasteiger partial charge in [0.15, 0.2) is 5.16 Å². The second-order valence-corrected chi connectivity index (χ2v) is 5.89. The molecule has 2 heterocycles. The van der Waals surface area contributed by atoms with E-state index in [0.29, 0.717) is 11.0 Å². The van der Waals surface area contributed by atoms with Gasteiger partial charge in [-0.2, -0.15) is 5.10 Å². The molecule has 0 aliphatic heterocycles. The standard InChI is InChI=1S/C14H19N5O2S/c1-4-5-10-7-12(20)17-14(15-10)22-8-13(21)16-11-6-9(2)18-19(11)3/h6-7H,4-5,8H2,1-3H3,(H,16,21)(H,15,17,20). The molecule has 0 unspecified atom stereocenters. The molecule has 0 atom stereocenters. The third-order valence-electron chi connectivity index (χ3n) is 2.89. The van der Waals surface area contributed by atoms with Crippen molar-refractivity contribution in [1.29, 1.82) is 0 Å². The normalized spacial score (nSPS) is 10.7. The topological polar surface area (TPSA) is 92.7 Å². The van der Waals surface area contributed by atoms with E-state index < -0.39 is 0 Å². The average Bonchev–Trinajstić information content (AvgIpc) is 2.74. The molecule has 1 amide bonds. The zero-order valence-electron chi connectivity index (χ0n) is 12.8. The Bertz CT molecular complexity index is 722. The van der Waals surface area contributed by atoms with Crippen LogP contribution >= 0.6 is 11.8 Å². The number of thioether (sulfide) groups is 1. The first-order chi connectivity index (χ1) is 10.5. The van der Waals surface area contributed by atoms with Gasteiger partial charge in [0, 0.05) is 24.9 Å². The molecule has 0 saturated carbocycles. The summed E-state index contributed by atoms with van der Waals surface area (Å²) in [6.07, 6.45) is 1.67. The third kappa shape index (κ3) is 4.45. The Morgan fingerprint density at radius 2 is 2.23 bits per heavy atom. The van der Waals surface area contributed by atoms with Crippen LogP contribution in [0, 0.1) is 6.92 Å². The highest BCUT2D eigenvalue weighted by molar-refractivity contribution is 7.99. The molecule has 0 saturated heterocycles. The van der Waals surface area contributed by atoms with Gasteiger partial charge >= 0.3 is 0 Å². The number of nitrogens with zero attached hydrogens (tertiary/aromatic N) is 3. The first kappa shape index (κ1) is 16.3. The Labute approximate surface area is 132 Å². The number of hydrogen-bond acceptors (Lipinski definition) is 5. The molecule has 0 aliphatic carbocycles. The van der Waals surface area contributed by atoms with Gasteiger partial charge in [-0.15, -0.1) is 0 Å². The number of amides is 1. The van der Waals surface area contributed by atoms with Crippen LogP contribution in [0.2, 0.25) is 0 Å². The Morgan fingerprint density at radius 3 is 2.86 bits per heavy atom. The van der Waals surface area contributed by atoms with Crippen molar-refractivity contribution in [1.82, 2.24) is 19.7 Å². The molecule has 0 fully saturated rings. The van der Waals surface area contributed by atoms with Crippen LogP contribution in [0.25, 0.3) is 0 Å². The summed E-state index contributed by atoms with van der Waals surface area (Å²) in [6.45, 7) is 3.89. The van der Waals surface area contributed by atoms with Crippen LogP contribution in [-0.2, 0) is 18.3 Å². The minimum atomic E-state index is -0.191. The van der Waals surface area contributed by atoms with Crippen LogP contribution in [-0.4, -0.2) is 31.4 Å². The van der Waals surface area contributed by atoms with Crippen molar-refractivity contribution in [3.8, 4) is 0 Å². The summed E-state index contributed by atoms with van der Waals surface area (Å²) in [4.78, 5) is 30.5. The second-order valence-electron chi connectivity index (χ2n) is 4.92. The highest BCUT2D eigenvalue weighted by Crippen LogP contribution is 2.13. The highest BCUT2D eigenvalue weighted by Gasteiger charge is 2.09. The van der Waals surface area contributed by atoms with Crippen molar-refractivity contribution < 1.29 is 4.79 Å². The maximum absolute atomic E-state index is 11.9. The Morgan fingerprint density at radius 1 is 1.45 bits per heavy atom. The Balaban J connectivity index is 1.96. The van der Waals surface area contributed by atoms with E-state index in [1.165, 1.54) is 17.8 Å². The van der Waals surface area contributed by atoms with Gasteiger partial charge < -0.3 is 10.3 Å². The lowest BCUT2D eigenvalue weighted by atomic mass is 10.2. The summed E-state index contributed by atoms with van der Waals surface area (Å²) in [6, 6.07) is 3.29. The minimum Gasteiger partial charge on any atom is -0.310 e. The van der Waals surface area contributed by atoms with E-state index in [1.807, 2.05) is 13.8 Å². The van der Waals surface area contributed by atoms with Crippen LogP contribution in [0.15, 0.2) is 22.1 Å². The van der Waals surface area contributed by atoms with E-state index in [9.17, 15) is 9.59 Å². The first-order valence-electron chi connectivity index (χ1n) is 7.01. The zero-order valence-corrected chi connectivity index (χ0v) is 13.7. The van der Waals surface area contributed by atoms with Crippen molar-refractivity contribution in [2.75, 3.05) is 11.1 Å². The molecule has 0 radical (unpaired) electrons. The van der Waals surface area contributed by atoms with Crippen LogP contribution in [0.5, 0.6) is 0 Å². The lowest BCUT2D eigenvalue weighted by Crippen LogP contribution is -2.17. The molecule has 0 aliphatic rings. The summed E-state index contributed by atoms with van der Waals surface area (Å²) in [5.74, 6) is 0.642. The quantitative estimate of drug-likeness (QED) is 0.621. The molecule has 7 nitrogen and oxygen atoms in total. The summed E-state index contributed by atoms with van der Waals surface area (Å²) < 4.78 is 1.61. The molecule has 2 N–H and O–H groups in total. The number of nitrogens with one attached hydrogen (secondary N) is 2. The number of carbonyl (C=O) groups excluding carboxylic acids is 1. The molecule has 118 valence electrons. The Kier molecular flexibility index (Phi) is 5.37. The molecule has 2 rings (SSSR count). The molecular weight excluding hydrogens is 302 g/mol. The van der Waals surface area contributed by atoms with Crippen molar-refractivity contribution >= 4 is 23.5 Å². The number of aryl methyl sites for hydroxylation is 3. The number of H-pyrrole nitrogens is 1. The van der Waals surface area contributed by atoms with E-state index in [2.05, 4.69) is 20.4 Å². The molecule has 2 aromatic rings.